The van der Waals surface area contributed by atoms with Crippen molar-refractivity contribution in [2.75, 3.05) is 0 Å². The van der Waals surface area contributed by atoms with Crippen LogP contribution in [-0.2, 0) is 6.42 Å². The first-order valence-corrected chi connectivity index (χ1v) is 6.50. The lowest BCUT2D eigenvalue weighted by Crippen LogP contribution is -2.30. The Morgan fingerprint density at radius 1 is 1.00 bits per heavy atom. The molecule has 98 valence electrons. The minimum Gasteiger partial charge on any atom is -0.504 e. The Kier molecular flexibility index (Phi) is 2.91. The summed E-state index contributed by atoms with van der Waals surface area (Å²) in [7, 11) is 0. The van der Waals surface area contributed by atoms with E-state index in [9.17, 15) is 10.2 Å². The molecule has 0 unspecified atom stereocenters. The summed E-state index contributed by atoms with van der Waals surface area (Å²) in [4.78, 5) is 0. The molecule has 3 heteroatoms. The molecule has 19 heavy (non-hydrogen) atoms. The van der Waals surface area contributed by atoms with Crippen LogP contribution in [0.5, 0.6) is 11.5 Å². The molecule has 0 saturated carbocycles. The van der Waals surface area contributed by atoms with E-state index >= 15 is 0 Å². The van der Waals surface area contributed by atoms with Gasteiger partial charge >= 0.3 is 0 Å². The van der Waals surface area contributed by atoms with Crippen LogP contribution in [0.15, 0.2) is 42.5 Å². The normalized spacial score (nSPS) is 21.9. The minimum absolute atomic E-state index is 0.0600. The van der Waals surface area contributed by atoms with E-state index in [2.05, 4.69) is 12.1 Å². The second-order valence-corrected chi connectivity index (χ2v) is 5.20. The second-order valence-electron chi connectivity index (χ2n) is 5.20. The van der Waals surface area contributed by atoms with E-state index in [4.69, 9.17) is 5.73 Å². The van der Waals surface area contributed by atoms with Crippen LogP contribution in [0.2, 0.25) is 0 Å². The lowest BCUT2D eigenvalue weighted by Gasteiger charge is -2.30. The largest absolute Gasteiger partial charge is 0.504 e. The first kappa shape index (κ1) is 12.1. The molecule has 0 fully saturated rings. The maximum Gasteiger partial charge on any atom is 0.157 e. The standard InChI is InChI=1S/C16H17NO2/c17-12-6-11-7-15(18)16(19)9-14(11)13(8-12)10-4-2-1-3-5-10/h1-5,7,9,12-13,18-19H,6,8,17H2/t12-,13-/m0/s1. The van der Waals surface area contributed by atoms with Crippen molar-refractivity contribution in [2.24, 2.45) is 5.73 Å². The molecular weight excluding hydrogens is 238 g/mol. The highest BCUT2D eigenvalue weighted by Crippen LogP contribution is 2.40. The number of hydrogen-bond acceptors (Lipinski definition) is 3. The van der Waals surface area contributed by atoms with Gasteiger partial charge in [-0.2, -0.15) is 0 Å². The topological polar surface area (TPSA) is 66.5 Å². The third-order valence-corrected chi connectivity index (χ3v) is 3.83. The van der Waals surface area contributed by atoms with Crippen molar-refractivity contribution in [2.45, 2.75) is 24.8 Å². The molecule has 3 nitrogen and oxygen atoms in total. The number of rotatable bonds is 1. The van der Waals surface area contributed by atoms with Crippen molar-refractivity contribution in [1.29, 1.82) is 0 Å². The van der Waals surface area contributed by atoms with Crippen LogP contribution in [-0.4, -0.2) is 16.3 Å². The van der Waals surface area contributed by atoms with Crippen LogP contribution in [0.3, 0.4) is 0 Å². The molecule has 2 atom stereocenters. The Hall–Kier alpha value is -2.00. The number of nitrogens with two attached hydrogens (primary N) is 1. The predicted molar refractivity (Wildman–Crippen MR) is 74.4 cm³/mol. The van der Waals surface area contributed by atoms with Gasteiger partial charge in [0.2, 0.25) is 0 Å². The van der Waals surface area contributed by atoms with Crippen molar-refractivity contribution < 1.29 is 10.2 Å². The van der Waals surface area contributed by atoms with Crippen molar-refractivity contribution in [1.82, 2.24) is 0 Å². The van der Waals surface area contributed by atoms with Crippen LogP contribution < -0.4 is 5.73 Å². The fourth-order valence-electron chi connectivity index (χ4n) is 2.93. The zero-order chi connectivity index (χ0) is 13.4. The number of fused-ring (bicyclic) bond motifs is 1. The molecule has 0 heterocycles. The van der Waals surface area contributed by atoms with E-state index in [-0.39, 0.29) is 23.5 Å². The van der Waals surface area contributed by atoms with E-state index in [1.165, 1.54) is 5.56 Å². The maximum atomic E-state index is 9.72. The molecule has 0 aromatic heterocycles. The van der Waals surface area contributed by atoms with Gasteiger partial charge in [-0.15, -0.1) is 0 Å². The SMILES string of the molecule is N[C@H]1Cc2cc(O)c(O)cc2[C@H](c2ccccc2)C1. The minimum atomic E-state index is -0.0698. The molecule has 4 N–H and O–H groups in total. The molecule has 0 spiro atoms. The summed E-state index contributed by atoms with van der Waals surface area (Å²) in [6.45, 7) is 0. The summed E-state index contributed by atoms with van der Waals surface area (Å²) in [5.74, 6) is 0.0567. The molecule has 1 aliphatic rings. The monoisotopic (exact) mass is 255 g/mol. The molecule has 3 rings (SSSR count). The summed E-state index contributed by atoms with van der Waals surface area (Å²) in [5, 5.41) is 19.4. The van der Waals surface area contributed by atoms with E-state index in [0.29, 0.717) is 0 Å². The number of benzene rings is 2. The van der Waals surface area contributed by atoms with Gasteiger partial charge in [-0.05, 0) is 41.7 Å². The van der Waals surface area contributed by atoms with E-state index < -0.39 is 0 Å². The van der Waals surface area contributed by atoms with Crippen LogP contribution in [0.25, 0.3) is 0 Å². The molecule has 0 saturated heterocycles. The highest BCUT2D eigenvalue weighted by molar-refractivity contribution is 5.50. The lowest BCUT2D eigenvalue weighted by molar-refractivity contribution is 0.399. The Labute approximate surface area is 112 Å². The third kappa shape index (κ3) is 2.17. The first-order valence-electron chi connectivity index (χ1n) is 6.50. The van der Waals surface area contributed by atoms with Gasteiger partial charge in [0.15, 0.2) is 11.5 Å². The van der Waals surface area contributed by atoms with E-state index in [1.807, 2.05) is 18.2 Å². The maximum absolute atomic E-state index is 9.72. The molecule has 2 aromatic carbocycles. The zero-order valence-corrected chi connectivity index (χ0v) is 10.6. The Balaban J connectivity index is 2.12. The first-order chi connectivity index (χ1) is 9.15. The van der Waals surface area contributed by atoms with Crippen molar-refractivity contribution in [3.05, 3.63) is 59.2 Å². The average molecular weight is 255 g/mol. The number of phenols is 2. The molecule has 1 aliphatic carbocycles. The Bertz CT molecular complexity index is 595. The van der Waals surface area contributed by atoms with Gasteiger partial charge in [-0.3, -0.25) is 0 Å². The summed E-state index contributed by atoms with van der Waals surface area (Å²) in [6.07, 6.45) is 1.60. The van der Waals surface area contributed by atoms with Crippen LogP contribution in [0, 0.1) is 0 Å². The predicted octanol–water partition coefficient (Wildman–Crippen LogP) is 2.50. The quantitative estimate of drug-likeness (QED) is 0.686. The van der Waals surface area contributed by atoms with Gasteiger partial charge in [-0.25, -0.2) is 0 Å². The summed E-state index contributed by atoms with van der Waals surface area (Å²) in [5.41, 5.74) is 9.42. The Morgan fingerprint density at radius 3 is 2.42 bits per heavy atom. The fourth-order valence-corrected chi connectivity index (χ4v) is 2.93. The van der Waals surface area contributed by atoms with Gasteiger partial charge in [0.05, 0.1) is 0 Å². The summed E-state index contributed by atoms with van der Waals surface area (Å²) in [6, 6.07) is 13.6. The zero-order valence-electron chi connectivity index (χ0n) is 10.6. The molecule has 0 amide bonds. The van der Waals surface area contributed by atoms with Crippen molar-refractivity contribution >= 4 is 0 Å². The van der Waals surface area contributed by atoms with Gasteiger partial charge in [0, 0.05) is 12.0 Å². The van der Waals surface area contributed by atoms with E-state index in [1.54, 1.807) is 12.1 Å². The highest BCUT2D eigenvalue weighted by Gasteiger charge is 2.27. The number of aromatic hydroxyl groups is 2. The molecule has 0 bridgehead atoms. The summed E-state index contributed by atoms with van der Waals surface area (Å²) < 4.78 is 0. The Morgan fingerprint density at radius 2 is 1.68 bits per heavy atom. The molecule has 2 aromatic rings. The van der Waals surface area contributed by atoms with E-state index in [0.717, 1.165) is 24.0 Å². The summed E-state index contributed by atoms with van der Waals surface area (Å²) >= 11 is 0. The van der Waals surface area contributed by atoms with Gasteiger partial charge < -0.3 is 15.9 Å². The van der Waals surface area contributed by atoms with Crippen LogP contribution in [0.4, 0.5) is 0 Å². The number of phenolic OH excluding ortho intramolecular Hbond substituents is 2. The fraction of sp³-hybridized carbons (Fsp3) is 0.250. The van der Waals surface area contributed by atoms with Crippen LogP contribution in [0.1, 0.15) is 29.0 Å². The second kappa shape index (κ2) is 4.59. The smallest absolute Gasteiger partial charge is 0.157 e. The van der Waals surface area contributed by atoms with Crippen LogP contribution >= 0.6 is 0 Å². The van der Waals surface area contributed by atoms with Gasteiger partial charge in [0.25, 0.3) is 0 Å². The molecular formula is C16H17NO2. The average Bonchev–Trinajstić information content (AvgIpc) is 2.41. The van der Waals surface area contributed by atoms with Gasteiger partial charge in [-0.1, -0.05) is 30.3 Å². The van der Waals surface area contributed by atoms with Gasteiger partial charge in [0.1, 0.15) is 0 Å². The molecule has 0 aliphatic heterocycles. The van der Waals surface area contributed by atoms with Crippen molar-refractivity contribution in [3.63, 3.8) is 0 Å². The highest BCUT2D eigenvalue weighted by atomic mass is 16.3. The van der Waals surface area contributed by atoms with Crippen molar-refractivity contribution in [3.8, 4) is 11.5 Å². The number of hydrogen-bond donors (Lipinski definition) is 3. The lowest BCUT2D eigenvalue weighted by atomic mass is 9.77. The third-order valence-electron chi connectivity index (χ3n) is 3.83. The molecule has 0 radical (unpaired) electrons.